The predicted octanol–water partition coefficient (Wildman–Crippen LogP) is 3.00. The van der Waals surface area contributed by atoms with Crippen LogP contribution in [0.25, 0.3) is 11.5 Å². The third kappa shape index (κ3) is 5.41. The largest absolute Gasteiger partial charge is 0.497 e. The first-order valence-electron chi connectivity index (χ1n) is 9.34. The van der Waals surface area contributed by atoms with E-state index in [0.717, 1.165) is 37.4 Å². The summed E-state index contributed by atoms with van der Waals surface area (Å²) in [6.07, 6.45) is 4.10. The Morgan fingerprint density at radius 2 is 1.97 bits per heavy atom. The molecular formula is C19H24N4O5S. The Morgan fingerprint density at radius 1 is 1.21 bits per heavy atom. The van der Waals surface area contributed by atoms with Crippen molar-refractivity contribution in [2.75, 3.05) is 14.2 Å². The molecule has 0 unspecified atom stereocenters. The fourth-order valence-electron chi connectivity index (χ4n) is 3.05. The van der Waals surface area contributed by atoms with Gasteiger partial charge in [-0.1, -0.05) is 24.6 Å². The number of ether oxygens (including phenoxy) is 2. The average molecular weight is 420 g/mol. The minimum Gasteiger partial charge on any atom is -0.497 e. The summed E-state index contributed by atoms with van der Waals surface area (Å²) in [5, 5.41) is 12.8. The molecule has 0 spiro atoms. The first-order chi connectivity index (χ1) is 14.0. The molecule has 1 aromatic carbocycles. The molecule has 10 heteroatoms. The van der Waals surface area contributed by atoms with Crippen LogP contribution in [0.4, 0.5) is 4.79 Å². The predicted molar refractivity (Wildman–Crippen MR) is 107 cm³/mol. The van der Waals surface area contributed by atoms with Crippen molar-refractivity contribution in [3.8, 4) is 23.0 Å². The zero-order chi connectivity index (χ0) is 20.8. The van der Waals surface area contributed by atoms with E-state index in [9.17, 15) is 9.59 Å². The van der Waals surface area contributed by atoms with Crippen LogP contribution >= 0.6 is 11.8 Å². The van der Waals surface area contributed by atoms with Gasteiger partial charge in [0.2, 0.25) is 5.91 Å². The van der Waals surface area contributed by atoms with Gasteiger partial charge in [-0.25, -0.2) is 4.79 Å². The number of hydrogen-bond acceptors (Lipinski definition) is 8. The fourth-order valence-corrected chi connectivity index (χ4v) is 3.73. The number of nitrogens with zero attached hydrogens (tertiary/aromatic N) is 2. The number of hydrogen-bond donors (Lipinski definition) is 2. The smallest absolute Gasteiger partial charge is 0.321 e. The summed E-state index contributed by atoms with van der Waals surface area (Å²) in [4.78, 5) is 24.2. The molecule has 3 rings (SSSR count). The van der Waals surface area contributed by atoms with Crippen LogP contribution < -0.4 is 20.1 Å². The molecule has 0 saturated heterocycles. The second-order valence-corrected chi connectivity index (χ2v) is 7.94. The molecule has 29 heavy (non-hydrogen) atoms. The topological polar surface area (TPSA) is 116 Å². The van der Waals surface area contributed by atoms with Gasteiger partial charge in [-0.3, -0.25) is 10.1 Å². The van der Waals surface area contributed by atoms with E-state index in [1.54, 1.807) is 32.2 Å². The van der Waals surface area contributed by atoms with Gasteiger partial charge in [-0.2, -0.15) is 0 Å². The molecule has 0 aliphatic heterocycles. The van der Waals surface area contributed by atoms with Gasteiger partial charge in [0.1, 0.15) is 11.5 Å². The minimum absolute atomic E-state index is 0.142. The second-order valence-electron chi connectivity index (χ2n) is 6.64. The summed E-state index contributed by atoms with van der Waals surface area (Å²) >= 11 is 1.08. The van der Waals surface area contributed by atoms with Crippen LogP contribution in [0.3, 0.4) is 0 Å². The highest BCUT2D eigenvalue weighted by Crippen LogP contribution is 2.34. The number of benzene rings is 1. The third-order valence-electron chi connectivity index (χ3n) is 4.62. The number of rotatable bonds is 7. The lowest BCUT2D eigenvalue weighted by atomic mass is 10.2. The molecule has 3 amide bonds. The van der Waals surface area contributed by atoms with E-state index in [-0.39, 0.29) is 17.2 Å². The van der Waals surface area contributed by atoms with Crippen LogP contribution in [0.1, 0.15) is 32.6 Å². The van der Waals surface area contributed by atoms with E-state index < -0.39 is 17.2 Å². The Labute approximate surface area is 172 Å². The van der Waals surface area contributed by atoms with Gasteiger partial charge in [0.15, 0.2) is 0 Å². The first-order valence-corrected chi connectivity index (χ1v) is 10.2. The van der Waals surface area contributed by atoms with Gasteiger partial charge in [0.25, 0.3) is 11.1 Å². The summed E-state index contributed by atoms with van der Waals surface area (Å²) < 4.78 is 16.2. The lowest BCUT2D eigenvalue weighted by Crippen LogP contribution is -2.45. The van der Waals surface area contributed by atoms with Crippen molar-refractivity contribution in [3.63, 3.8) is 0 Å². The molecule has 1 heterocycles. The summed E-state index contributed by atoms with van der Waals surface area (Å²) in [6, 6.07) is 4.90. The molecule has 2 aromatic rings. The fraction of sp³-hybridized carbons (Fsp3) is 0.474. The summed E-state index contributed by atoms with van der Waals surface area (Å²) in [7, 11) is 3.10. The van der Waals surface area contributed by atoms with Crippen molar-refractivity contribution in [2.45, 2.75) is 49.1 Å². The van der Waals surface area contributed by atoms with Crippen LogP contribution in [0, 0.1) is 0 Å². The quantitative estimate of drug-likeness (QED) is 0.657. The Kier molecular flexibility index (Phi) is 6.97. The van der Waals surface area contributed by atoms with Crippen LogP contribution in [0.2, 0.25) is 0 Å². The number of methoxy groups -OCH3 is 2. The van der Waals surface area contributed by atoms with Gasteiger partial charge >= 0.3 is 6.03 Å². The molecule has 0 bridgehead atoms. The lowest BCUT2D eigenvalue weighted by Gasteiger charge is -2.13. The number of amides is 3. The zero-order valence-corrected chi connectivity index (χ0v) is 17.4. The SMILES string of the molecule is COc1ccc(-c2nnc(S[C@@H](C)C(=O)NC(=O)NC3CCCC3)o2)c(OC)c1. The van der Waals surface area contributed by atoms with Crippen molar-refractivity contribution < 1.29 is 23.5 Å². The van der Waals surface area contributed by atoms with Crippen molar-refractivity contribution in [1.82, 2.24) is 20.8 Å². The van der Waals surface area contributed by atoms with Crippen molar-refractivity contribution in [1.29, 1.82) is 0 Å². The number of carbonyl (C=O) groups excluding carboxylic acids is 2. The van der Waals surface area contributed by atoms with Crippen molar-refractivity contribution in [3.05, 3.63) is 18.2 Å². The minimum atomic E-state index is -0.588. The normalized spacial score (nSPS) is 15.0. The van der Waals surface area contributed by atoms with Gasteiger partial charge in [-0.05, 0) is 31.9 Å². The van der Waals surface area contributed by atoms with Crippen LogP contribution in [0.5, 0.6) is 11.5 Å². The molecule has 1 aliphatic rings. The molecule has 1 fully saturated rings. The molecule has 1 aromatic heterocycles. The van der Waals surface area contributed by atoms with Gasteiger partial charge in [0, 0.05) is 12.1 Å². The molecule has 1 saturated carbocycles. The Morgan fingerprint density at radius 3 is 2.66 bits per heavy atom. The Bertz CT molecular complexity index is 866. The number of thioether (sulfide) groups is 1. The monoisotopic (exact) mass is 420 g/mol. The highest BCUT2D eigenvalue weighted by atomic mass is 32.2. The van der Waals surface area contributed by atoms with E-state index >= 15 is 0 Å². The van der Waals surface area contributed by atoms with Crippen molar-refractivity contribution >= 4 is 23.7 Å². The maximum atomic E-state index is 12.3. The van der Waals surface area contributed by atoms with Crippen LogP contribution in [-0.2, 0) is 4.79 Å². The van der Waals surface area contributed by atoms with E-state index in [2.05, 4.69) is 20.8 Å². The van der Waals surface area contributed by atoms with Gasteiger partial charge < -0.3 is 19.2 Å². The Balaban J connectivity index is 1.59. The van der Waals surface area contributed by atoms with E-state index in [4.69, 9.17) is 13.9 Å². The number of aromatic nitrogens is 2. The first kappa shape index (κ1) is 21.0. The molecule has 1 atom stereocenters. The molecule has 1 aliphatic carbocycles. The highest BCUT2D eigenvalue weighted by Gasteiger charge is 2.23. The standard InChI is InChI=1S/C19H24N4O5S/c1-11(16(24)21-18(25)20-12-6-4-5-7-12)29-19-23-22-17(28-19)14-9-8-13(26-2)10-15(14)27-3/h8-12H,4-7H2,1-3H3,(H2,20,21,24,25)/t11-/m0/s1. The second kappa shape index (κ2) is 9.64. The highest BCUT2D eigenvalue weighted by molar-refractivity contribution is 8.00. The molecular weight excluding hydrogens is 396 g/mol. The average Bonchev–Trinajstić information content (AvgIpc) is 3.39. The number of imide groups is 1. The maximum Gasteiger partial charge on any atom is 0.321 e. The summed E-state index contributed by atoms with van der Waals surface area (Å²) in [5.74, 6) is 1.01. The Hall–Kier alpha value is -2.75. The third-order valence-corrected chi connectivity index (χ3v) is 5.55. The maximum absolute atomic E-state index is 12.3. The van der Waals surface area contributed by atoms with Crippen molar-refractivity contribution in [2.24, 2.45) is 0 Å². The van der Waals surface area contributed by atoms with Gasteiger partial charge in [-0.15, -0.1) is 10.2 Å². The number of urea groups is 1. The zero-order valence-electron chi connectivity index (χ0n) is 16.6. The molecule has 0 radical (unpaired) electrons. The van der Waals surface area contributed by atoms with Gasteiger partial charge in [0.05, 0.1) is 25.0 Å². The summed E-state index contributed by atoms with van der Waals surface area (Å²) in [6.45, 7) is 1.67. The number of carbonyl (C=O) groups is 2. The number of nitrogens with one attached hydrogen (secondary N) is 2. The van der Waals surface area contributed by atoms with E-state index in [0.29, 0.717) is 17.1 Å². The van der Waals surface area contributed by atoms with E-state index in [1.165, 1.54) is 7.11 Å². The molecule has 2 N–H and O–H groups in total. The van der Waals surface area contributed by atoms with Crippen LogP contribution in [0.15, 0.2) is 27.8 Å². The molecule has 156 valence electrons. The lowest BCUT2D eigenvalue weighted by molar-refractivity contribution is -0.119. The molecule has 9 nitrogen and oxygen atoms in total. The summed E-state index contributed by atoms with van der Waals surface area (Å²) in [5.41, 5.74) is 0.612. The van der Waals surface area contributed by atoms with E-state index in [1.807, 2.05) is 0 Å². The van der Waals surface area contributed by atoms with Crippen LogP contribution in [-0.4, -0.2) is 47.6 Å².